The van der Waals surface area contributed by atoms with Crippen molar-refractivity contribution in [3.63, 3.8) is 0 Å². The minimum atomic E-state index is 1.23. The molecule has 0 spiro atoms. The second kappa shape index (κ2) is 9.64. The van der Waals surface area contributed by atoms with Gasteiger partial charge in [-0.15, -0.1) is 22.7 Å². The summed E-state index contributed by atoms with van der Waals surface area (Å²) in [5.74, 6) is 0. The van der Waals surface area contributed by atoms with Gasteiger partial charge in [-0.3, -0.25) is 0 Å². The zero-order chi connectivity index (χ0) is 29.5. The Kier molecular flexibility index (Phi) is 5.39. The number of nitrogens with zero attached hydrogens (tertiary/aromatic N) is 1. The molecule has 0 saturated carbocycles. The molecule has 0 radical (unpaired) electrons. The molecule has 0 bridgehead atoms. The summed E-state index contributed by atoms with van der Waals surface area (Å²) in [5.41, 5.74) is 8.73. The van der Waals surface area contributed by atoms with Crippen LogP contribution in [0, 0.1) is 0 Å². The highest BCUT2D eigenvalue weighted by Crippen LogP contribution is 2.45. The second-order valence-electron chi connectivity index (χ2n) is 11.7. The fourth-order valence-corrected chi connectivity index (χ4v) is 9.50. The lowest BCUT2D eigenvalue weighted by Crippen LogP contribution is -1.94. The van der Waals surface area contributed by atoms with E-state index in [-0.39, 0.29) is 0 Å². The Labute approximate surface area is 267 Å². The van der Waals surface area contributed by atoms with E-state index in [0.717, 1.165) is 0 Å². The molecule has 0 atom stereocenters. The van der Waals surface area contributed by atoms with E-state index in [1.807, 2.05) is 22.7 Å². The largest absolute Gasteiger partial charge is 0.308 e. The van der Waals surface area contributed by atoms with Crippen molar-refractivity contribution in [2.24, 2.45) is 0 Å². The SMILES string of the molecule is c1ccc(-c2ccc3c4ccccc4n(-c4cccc5c4sc4cccc(-c6ccc7sc8ccccc8c7c6)c45)c3c2)cc1. The molecule has 3 heteroatoms. The molecule has 0 aliphatic rings. The van der Waals surface area contributed by atoms with Gasteiger partial charge in [-0.1, -0.05) is 109 Å². The Balaban J connectivity index is 1.25. The number of fused-ring (bicyclic) bond motifs is 9. The molecule has 0 amide bonds. The Hall–Kier alpha value is -5.22. The highest BCUT2D eigenvalue weighted by Gasteiger charge is 2.19. The fourth-order valence-electron chi connectivity index (χ4n) is 7.18. The summed E-state index contributed by atoms with van der Waals surface area (Å²) in [7, 11) is 0. The zero-order valence-electron chi connectivity index (χ0n) is 24.2. The van der Waals surface area contributed by atoms with Crippen LogP contribution in [0.5, 0.6) is 0 Å². The van der Waals surface area contributed by atoms with E-state index in [9.17, 15) is 0 Å². The van der Waals surface area contributed by atoms with E-state index in [2.05, 4.69) is 156 Å². The van der Waals surface area contributed by atoms with Crippen molar-refractivity contribution in [3.05, 3.63) is 152 Å². The van der Waals surface area contributed by atoms with Crippen LogP contribution in [0.3, 0.4) is 0 Å². The van der Waals surface area contributed by atoms with Crippen LogP contribution in [0.4, 0.5) is 0 Å². The molecule has 0 aliphatic carbocycles. The van der Waals surface area contributed by atoms with E-state index >= 15 is 0 Å². The molecule has 10 rings (SSSR count). The van der Waals surface area contributed by atoms with Crippen LogP contribution in [0.25, 0.3) is 90.1 Å². The van der Waals surface area contributed by atoms with Crippen molar-refractivity contribution in [2.45, 2.75) is 0 Å². The molecule has 1 nitrogen and oxygen atoms in total. The van der Waals surface area contributed by atoms with Crippen LogP contribution < -0.4 is 0 Å². The first-order chi connectivity index (χ1) is 22.3. The first-order valence-corrected chi connectivity index (χ1v) is 16.9. The van der Waals surface area contributed by atoms with Gasteiger partial charge in [0.05, 0.1) is 21.4 Å². The van der Waals surface area contributed by atoms with Gasteiger partial charge >= 0.3 is 0 Å². The van der Waals surface area contributed by atoms with E-state index in [0.29, 0.717) is 0 Å². The molecule has 0 unspecified atom stereocenters. The first-order valence-electron chi connectivity index (χ1n) is 15.3. The van der Waals surface area contributed by atoms with Crippen LogP contribution in [0.1, 0.15) is 0 Å². The Morgan fingerprint density at radius 1 is 0.378 bits per heavy atom. The number of aromatic nitrogens is 1. The lowest BCUT2D eigenvalue weighted by atomic mass is 9.98. The quantitative estimate of drug-likeness (QED) is 0.188. The van der Waals surface area contributed by atoms with Crippen molar-refractivity contribution in [2.75, 3.05) is 0 Å². The van der Waals surface area contributed by atoms with E-state index in [1.165, 1.54) is 90.1 Å². The van der Waals surface area contributed by atoms with Crippen LogP contribution >= 0.6 is 22.7 Å². The summed E-state index contributed by atoms with van der Waals surface area (Å²) in [6.07, 6.45) is 0. The monoisotopic (exact) mass is 607 g/mol. The predicted octanol–water partition coefficient (Wildman–Crippen LogP) is 12.9. The minimum Gasteiger partial charge on any atom is -0.308 e. The maximum absolute atomic E-state index is 2.48. The summed E-state index contributed by atoms with van der Waals surface area (Å²) >= 11 is 3.78. The third kappa shape index (κ3) is 3.72. The molecule has 0 N–H and O–H groups in total. The number of hydrogen-bond acceptors (Lipinski definition) is 2. The number of hydrogen-bond donors (Lipinski definition) is 0. The van der Waals surface area contributed by atoms with Gasteiger partial charge in [0.25, 0.3) is 0 Å². The normalized spacial score (nSPS) is 12.0. The molecule has 10 aromatic rings. The minimum absolute atomic E-state index is 1.23. The number of thiophene rings is 2. The molecule has 3 aromatic heterocycles. The first kappa shape index (κ1) is 25.1. The molecule has 0 aliphatic heterocycles. The fraction of sp³-hybridized carbons (Fsp3) is 0. The molecule has 3 heterocycles. The lowest BCUT2D eigenvalue weighted by molar-refractivity contribution is 1.20. The Morgan fingerprint density at radius 2 is 1.09 bits per heavy atom. The van der Waals surface area contributed by atoms with Crippen molar-refractivity contribution in [3.8, 4) is 27.9 Å². The summed E-state index contributed by atoms with van der Waals surface area (Å²) in [6.45, 7) is 0. The third-order valence-electron chi connectivity index (χ3n) is 9.21. The third-order valence-corrected chi connectivity index (χ3v) is 11.6. The van der Waals surface area contributed by atoms with Crippen molar-refractivity contribution < 1.29 is 0 Å². The number of benzene rings is 7. The van der Waals surface area contributed by atoms with Crippen LogP contribution in [-0.4, -0.2) is 4.57 Å². The Bertz CT molecular complexity index is 2760. The highest BCUT2D eigenvalue weighted by atomic mass is 32.1. The van der Waals surface area contributed by atoms with Gasteiger partial charge in [-0.05, 0) is 64.7 Å². The molecule has 210 valence electrons. The molecule has 7 aromatic carbocycles. The molecular formula is C42H25NS2. The van der Waals surface area contributed by atoms with E-state index < -0.39 is 0 Å². The summed E-state index contributed by atoms with van der Waals surface area (Å²) in [6, 6.07) is 55.8. The Morgan fingerprint density at radius 3 is 2.02 bits per heavy atom. The van der Waals surface area contributed by atoms with Crippen molar-refractivity contribution in [1.82, 2.24) is 4.57 Å². The van der Waals surface area contributed by atoms with Gasteiger partial charge in [0, 0.05) is 46.4 Å². The van der Waals surface area contributed by atoms with E-state index in [1.54, 1.807) is 0 Å². The van der Waals surface area contributed by atoms with Crippen molar-refractivity contribution >= 4 is 84.8 Å². The molecule has 0 saturated heterocycles. The van der Waals surface area contributed by atoms with E-state index in [4.69, 9.17) is 0 Å². The maximum atomic E-state index is 2.48. The summed E-state index contributed by atoms with van der Waals surface area (Å²) in [4.78, 5) is 0. The number of para-hydroxylation sites is 1. The average Bonchev–Trinajstić information content (AvgIpc) is 3.77. The summed E-state index contributed by atoms with van der Waals surface area (Å²) in [5, 5.41) is 7.88. The van der Waals surface area contributed by atoms with Gasteiger partial charge < -0.3 is 4.57 Å². The standard InChI is InChI=1S/C42H25NS2/c1-2-10-26(11-3-1)27-20-22-31-30-12-4-6-16-35(30)43(37(31)25-27)36-17-8-15-33-41-29(14-9-19-40(41)45-42(33)36)28-21-23-39-34(24-28)32-13-5-7-18-38(32)44-39/h1-25H. The van der Waals surface area contributed by atoms with Crippen LogP contribution in [0.2, 0.25) is 0 Å². The van der Waals surface area contributed by atoms with Gasteiger partial charge in [-0.2, -0.15) is 0 Å². The zero-order valence-corrected chi connectivity index (χ0v) is 25.8. The van der Waals surface area contributed by atoms with Gasteiger partial charge in [0.2, 0.25) is 0 Å². The molecule has 0 fully saturated rings. The molecular weight excluding hydrogens is 583 g/mol. The second-order valence-corrected chi connectivity index (χ2v) is 13.8. The van der Waals surface area contributed by atoms with Crippen LogP contribution in [0.15, 0.2) is 152 Å². The number of rotatable bonds is 3. The maximum Gasteiger partial charge on any atom is 0.0640 e. The average molecular weight is 608 g/mol. The smallest absolute Gasteiger partial charge is 0.0640 e. The predicted molar refractivity (Wildman–Crippen MR) is 197 cm³/mol. The van der Waals surface area contributed by atoms with Gasteiger partial charge in [-0.25, -0.2) is 0 Å². The van der Waals surface area contributed by atoms with Gasteiger partial charge in [0.1, 0.15) is 0 Å². The van der Waals surface area contributed by atoms with Gasteiger partial charge in [0.15, 0.2) is 0 Å². The lowest BCUT2D eigenvalue weighted by Gasteiger charge is -2.11. The molecule has 45 heavy (non-hydrogen) atoms. The topological polar surface area (TPSA) is 4.93 Å². The highest BCUT2D eigenvalue weighted by molar-refractivity contribution is 7.26. The van der Waals surface area contributed by atoms with Crippen LogP contribution in [-0.2, 0) is 0 Å². The van der Waals surface area contributed by atoms with Crippen molar-refractivity contribution in [1.29, 1.82) is 0 Å². The summed E-state index contributed by atoms with van der Waals surface area (Å²) < 4.78 is 7.80.